The fourth-order valence-electron chi connectivity index (χ4n) is 3.37. The van der Waals surface area contributed by atoms with Crippen molar-refractivity contribution in [3.05, 3.63) is 65.6 Å². The van der Waals surface area contributed by atoms with Gasteiger partial charge in [-0.1, -0.05) is 17.7 Å². The van der Waals surface area contributed by atoms with Crippen LogP contribution in [0.1, 0.15) is 5.56 Å². The Morgan fingerprint density at radius 2 is 2.04 bits per heavy atom. The van der Waals surface area contributed by atoms with Crippen molar-refractivity contribution in [2.75, 3.05) is 18.7 Å². The minimum Gasteiger partial charge on any atom is -0.454 e. The highest BCUT2D eigenvalue weighted by Crippen LogP contribution is 2.33. The van der Waals surface area contributed by atoms with Crippen LogP contribution in [-0.2, 0) is 6.42 Å². The molecule has 0 saturated heterocycles. The number of anilines is 1. The summed E-state index contributed by atoms with van der Waals surface area (Å²) in [5, 5.41) is 4.86. The van der Waals surface area contributed by atoms with Gasteiger partial charge in [-0.05, 0) is 53.9 Å². The zero-order valence-corrected chi connectivity index (χ0v) is 15.7. The summed E-state index contributed by atoms with van der Waals surface area (Å²) in [5.74, 6) is 2.33. The highest BCUT2D eigenvalue weighted by molar-refractivity contribution is 6.29. The molecule has 6 nitrogen and oxygen atoms in total. The van der Waals surface area contributed by atoms with E-state index in [1.807, 2.05) is 48.7 Å². The first-order chi connectivity index (χ1) is 13.8. The van der Waals surface area contributed by atoms with Crippen LogP contribution in [0.5, 0.6) is 11.5 Å². The van der Waals surface area contributed by atoms with Gasteiger partial charge in [-0.2, -0.15) is 0 Å². The molecule has 4 heterocycles. The number of fused-ring (bicyclic) bond motifs is 2. The number of hydrogen-bond donors (Lipinski definition) is 2. The molecule has 0 bridgehead atoms. The second kappa shape index (κ2) is 7.05. The molecule has 0 atom stereocenters. The van der Waals surface area contributed by atoms with Crippen LogP contribution in [0.3, 0.4) is 0 Å². The summed E-state index contributed by atoms with van der Waals surface area (Å²) in [5.41, 5.74) is 4.06. The minimum atomic E-state index is 0.287. The number of H-pyrrole nitrogens is 1. The normalized spacial score (nSPS) is 12.5. The quantitative estimate of drug-likeness (QED) is 0.483. The molecule has 1 aliphatic rings. The van der Waals surface area contributed by atoms with E-state index >= 15 is 0 Å². The Morgan fingerprint density at radius 3 is 3.00 bits per heavy atom. The zero-order chi connectivity index (χ0) is 18.9. The molecule has 3 aromatic heterocycles. The van der Waals surface area contributed by atoms with E-state index in [0.717, 1.165) is 52.4 Å². The Bertz CT molecular complexity index is 1160. The van der Waals surface area contributed by atoms with Crippen LogP contribution in [0.25, 0.3) is 22.2 Å². The Morgan fingerprint density at radius 1 is 1.11 bits per heavy atom. The van der Waals surface area contributed by atoms with Gasteiger partial charge in [0.05, 0.1) is 0 Å². The average Bonchev–Trinajstić information content (AvgIpc) is 3.34. The molecule has 0 spiro atoms. The molecule has 0 aliphatic carbocycles. The van der Waals surface area contributed by atoms with Crippen LogP contribution in [0.15, 0.2) is 54.9 Å². The summed E-state index contributed by atoms with van der Waals surface area (Å²) < 4.78 is 10.8. The number of rotatable bonds is 5. The van der Waals surface area contributed by atoms with Crippen molar-refractivity contribution < 1.29 is 9.47 Å². The fourth-order valence-corrected chi connectivity index (χ4v) is 3.58. The first-order valence-electron chi connectivity index (χ1n) is 8.99. The third-order valence-electron chi connectivity index (χ3n) is 4.71. The van der Waals surface area contributed by atoms with Gasteiger partial charge in [0.2, 0.25) is 6.79 Å². The maximum atomic E-state index is 6.27. The van der Waals surface area contributed by atoms with Crippen LogP contribution in [0.4, 0.5) is 5.82 Å². The van der Waals surface area contributed by atoms with Crippen molar-refractivity contribution in [3.8, 4) is 22.6 Å². The van der Waals surface area contributed by atoms with Gasteiger partial charge >= 0.3 is 0 Å². The monoisotopic (exact) mass is 392 g/mol. The lowest BCUT2D eigenvalue weighted by molar-refractivity contribution is 0.174. The molecule has 1 aliphatic heterocycles. The molecule has 28 heavy (non-hydrogen) atoms. The number of hydrogen-bond acceptors (Lipinski definition) is 5. The topological polar surface area (TPSA) is 72.1 Å². The maximum absolute atomic E-state index is 6.27. The zero-order valence-electron chi connectivity index (χ0n) is 14.9. The van der Waals surface area contributed by atoms with Crippen molar-refractivity contribution in [1.82, 2.24) is 15.0 Å². The highest BCUT2D eigenvalue weighted by Gasteiger charge is 2.13. The van der Waals surface area contributed by atoms with Gasteiger partial charge in [-0.15, -0.1) is 0 Å². The maximum Gasteiger partial charge on any atom is 0.231 e. The smallest absolute Gasteiger partial charge is 0.231 e. The molecule has 1 aromatic carbocycles. The largest absolute Gasteiger partial charge is 0.454 e. The van der Waals surface area contributed by atoms with E-state index in [1.54, 1.807) is 6.20 Å². The summed E-state index contributed by atoms with van der Waals surface area (Å²) in [6.07, 6.45) is 4.54. The van der Waals surface area contributed by atoms with E-state index in [4.69, 9.17) is 21.1 Å². The number of pyridine rings is 2. The van der Waals surface area contributed by atoms with Gasteiger partial charge in [0.1, 0.15) is 16.6 Å². The molecular weight excluding hydrogens is 376 g/mol. The van der Waals surface area contributed by atoms with E-state index in [9.17, 15) is 0 Å². The van der Waals surface area contributed by atoms with Crippen LogP contribution >= 0.6 is 11.6 Å². The van der Waals surface area contributed by atoms with E-state index < -0.39 is 0 Å². The lowest BCUT2D eigenvalue weighted by atomic mass is 10.1. The summed E-state index contributed by atoms with van der Waals surface area (Å²) in [7, 11) is 0. The predicted octanol–water partition coefficient (Wildman–Crippen LogP) is 4.66. The number of nitrogens with zero attached hydrogens (tertiary/aromatic N) is 2. The minimum absolute atomic E-state index is 0.287. The molecule has 0 unspecified atom stereocenters. The number of aromatic amines is 1. The second-order valence-corrected chi connectivity index (χ2v) is 6.92. The molecule has 0 amide bonds. The summed E-state index contributed by atoms with van der Waals surface area (Å²) in [6, 6.07) is 13.8. The number of benzene rings is 1. The van der Waals surface area contributed by atoms with Crippen molar-refractivity contribution >= 4 is 28.5 Å². The van der Waals surface area contributed by atoms with E-state index in [2.05, 4.69) is 20.3 Å². The summed E-state index contributed by atoms with van der Waals surface area (Å²) in [4.78, 5) is 11.9. The van der Waals surface area contributed by atoms with Gasteiger partial charge in [0.25, 0.3) is 0 Å². The van der Waals surface area contributed by atoms with Crippen LogP contribution < -0.4 is 14.8 Å². The SMILES string of the molecule is Clc1cc(-c2c[nH]c3ncccc23)cc(NCCc2ccc3c(c2)OCO3)n1. The van der Waals surface area contributed by atoms with Gasteiger partial charge < -0.3 is 19.8 Å². The first-order valence-corrected chi connectivity index (χ1v) is 9.36. The Labute approximate surface area is 166 Å². The Hall–Kier alpha value is -3.25. The lowest BCUT2D eigenvalue weighted by Crippen LogP contribution is -2.06. The molecular formula is C21H17ClN4O2. The van der Waals surface area contributed by atoms with Crippen molar-refractivity contribution in [3.63, 3.8) is 0 Å². The Kier molecular flexibility index (Phi) is 4.25. The van der Waals surface area contributed by atoms with E-state index in [-0.39, 0.29) is 6.79 Å². The van der Waals surface area contributed by atoms with Crippen molar-refractivity contribution in [2.24, 2.45) is 0 Å². The predicted molar refractivity (Wildman–Crippen MR) is 109 cm³/mol. The number of halogens is 1. The van der Waals surface area contributed by atoms with Crippen LogP contribution in [0.2, 0.25) is 5.15 Å². The van der Waals surface area contributed by atoms with E-state index in [1.165, 1.54) is 5.56 Å². The van der Waals surface area contributed by atoms with Gasteiger partial charge in [0.15, 0.2) is 11.5 Å². The van der Waals surface area contributed by atoms with Gasteiger partial charge in [-0.25, -0.2) is 9.97 Å². The molecule has 5 rings (SSSR count). The summed E-state index contributed by atoms with van der Waals surface area (Å²) in [6.45, 7) is 1.01. The molecule has 4 aromatic rings. The van der Waals surface area contributed by atoms with Gasteiger partial charge in [-0.3, -0.25) is 0 Å². The standard InChI is InChI=1S/C21H17ClN4O2/c22-19-9-14(16-11-25-21-15(16)2-1-6-24-21)10-20(26-19)23-7-5-13-3-4-17-18(8-13)28-12-27-17/h1-4,6,8-11H,5,7,12H2,(H,23,26)(H,24,25). The van der Waals surface area contributed by atoms with E-state index in [0.29, 0.717) is 5.15 Å². The first kappa shape index (κ1) is 16.9. The van der Waals surface area contributed by atoms with Crippen molar-refractivity contribution in [2.45, 2.75) is 6.42 Å². The molecule has 0 saturated carbocycles. The van der Waals surface area contributed by atoms with Crippen molar-refractivity contribution in [1.29, 1.82) is 0 Å². The third kappa shape index (κ3) is 3.23. The molecule has 140 valence electrons. The second-order valence-electron chi connectivity index (χ2n) is 6.53. The molecule has 2 N–H and O–H groups in total. The number of nitrogens with one attached hydrogen (secondary N) is 2. The third-order valence-corrected chi connectivity index (χ3v) is 4.91. The average molecular weight is 393 g/mol. The molecule has 7 heteroatoms. The fraction of sp³-hybridized carbons (Fsp3) is 0.143. The van der Waals surface area contributed by atoms with Crippen LogP contribution in [0, 0.1) is 0 Å². The number of ether oxygens (including phenoxy) is 2. The van der Waals surface area contributed by atoms with Gasteiger partial charge in [0, 0.05) is 29.9 Å². The van der Waals surface area contributed by atoms with Crippen LogP contribution in [-0.4, -0.2) is 28.3 Å². The Balaban J connectivity index is 1.33. The molecule has 0 radical (unpaired) electrons. The number of aromatic nitrogens is 3. The lowest BCUT2D eigenvalue weighted by Gasteiger charge is -2.09. The highest BCUT2D eigenvalue weighted by atomic mass is 35.5. The molecule has 0 fully saturated rings. The summed E-state index contributed by atoms with van der Waals surface area (Å²) >= 11 is 6.27.